The second-order valence-corrected chi connectivity index (χ2v) is 3.90. The Morgan fingerprint density at radius 3 is 3.07 bits per heavy atom. The fourth-order valence-electron chi connectivity index (χ4n) is 1.06. The van der Waals surface area contributed by atoms with Gasteiger partial charge in [-0.3, -0.25) is 4.79 Å². The normalized spacial score (nSPS) is 12.4. The maximum absolute atomic E-state index is 10.9. The number of hydrogen-bond acceptors (Lipinski definition) is 4. The maximum Gasteiger partial charge on any atom is 0.221 e. The molecular formula is C9H15N3OS. The number of aromatic nitrogens is 1. The first kappa shape index (κ1) is 11.1. The molecule has 0 spiro atoms. The summed E-state index contributed by atoms with van der Waals surface area (Å²) in [4.78, 5) is 15.1. The molecule has 2 N–H and O–H groups in total. The largest absolute Gasteiger partial charge is 0.359 e. The van der Waals surface area contributed by atoms with Crippen LogP contribution in [0.4, 0.5) is 0 Å². The van der Waals surface area contributed by atoms with Gasteiger partial charge in [0.15, 0.2) is 0 Å². The van der Waals surface area contributed by atoms with E-state index in [0.29, 0.717) is 13.0 Å². The van der Waals surface area contributed by atoms with Crippen LogP contribution in [-0.4, -0.2) is 24.5 Å². The lowest BCUT2D eigenvalue weighted by Crippen LogP contribution is -2.26. The average molecular weight is 213 g/mol. The zero-order valence-electron chi connectivity index (χ0n) is 8.41. The van der Waals surface area contributed by atoms with Crippen molar-refractivity contribution in [2.45, 2.75) is 19.4 Å². The van der Waals surface area contributed by atoms with E-state index in [4.69, 9.17) is 0 Å². The molecule has 14 heavy (non-hydrogen) atoms. The predicted molar refractivity (Wildman–Crippen MR) is 57.2 cm³/mol. The van der Waals surface area contributed by atoms with Crippen molar-refractivity contribution in [2.75, 3.05) is 13.6 Å². The number of nitrogens with zero attached hydrogens (tertiary/aromatic N) is 1. The van der Waals surface area contributed by atoms with Crippen LogP contribution in [0.5, 0.6) is 0 Å². The fourth-order valence-corrected chi connectivity index (χ4v) is 1.73. The Kier molecular flexibility index (Phi) is 4.55. The van der Waals surface area contributed by atoms with Crippen molar-refractivity contribution in [3.8, 4) is 0 Å². The van der Waals surface area contributed by atoms with Gasteiger partial charge in [0.05, 0.1) is 6.04 Å². The van der Waals surface area contributed by atoms with Gasteiger partial charge in [-0.2, -0.15) is 0 Å². The predicted octanol–water partition coefficient (Wildman–Crippen LogP) is 0.930. The summed E-state index contributed by atoms with van der Waals surface area (Å²) in [5.74, 6) is 0.0591. The molecular weight excluding hydrogens is 198 g/mol. The molecule has 0 bridgehead atoms. The van der Waals surface area contributed by atoms with Crippen molar-refractivity contribution in [3.05, 3.63) is 16.6 Å². The molecule has 1 unspecified atom stereocenters. The van der Waals surface area contributed by atoms with Crippen LogP contribution in [0.1, 0.15) is 24.4 Å². The zero-order valence-corrected chi connectivity index (χ0v) is 9.23. The number of nitrogens with one attached hydrogen (secondary N) is 2. The van der Waals surface area contributed by atoms with Crippen molar-refractivity contribution < 1.29 is 4.79 Å². The van der Waals surface area contributed by atoms with Gasteiger partial charge < -0.3 is 10.6 Å². The summed E-state index contributed by atoms with van der Waals surface area (Å²) in [6.07, 6.45) is 2.29. The fraction of sp³-hybridized carbons (Fsp3) is 0.556. The van der Waals surface area contributed by atoms with E-state index in [-0.39, 0.29) is 11.9 Å². The highest BCUT2D eigenvalue weighted by atomic mass is 32.1. The Hall–Kier alpha value is -0.940. The lowest BCUT2D eigenvalue weighted by molar-refractivity contribution is -0.120. The van der Waals surface area contributed by atoms with E-state index >= 15 is 0 Å². The second kappa shape index (κ2) is 5.72. The average Bonchev–Trinajstić information content (AvgIpc) is 2.70. The summed E-state index contributed by atoms with van der Waals surface area (Å²) < 4.78 is 0. The molecule has 1 atom stereocenters. The molecule has 1 rings (SSSR count). The number of hydrogen-bond donors (Lipinski definition) is 2. The molecule has 0 aliphatic heterocycles. The van der Waals surface area contributed by atoms with Crippen molar-refractivity contribution in [1.29, 1.82) is 0 Å². The quantitative estimate of drug-likeness (QED) is 0.765. The van der Waals surface area contributed by atoms with Crippen LogP contribution in [0.3, 0.4) is 0 Å². The molecule has 0 aliphatic rings. The monoisotopic (exact) mass is 213 g/mol. The van der Waals surface area contributed by atoms with Gasteiger partial charge in [0.2, 0.25) is 5.91 Å². The van der Waals surface area contributed by atoms with Crippen LogP contribution < -0.4 is 10.6 Å². The molecule has 0 saturated carbocycles. The standard InChI is InChI=1S/C9H15N3OS/c1-7(9-12-5-6-14-9)11-4-3-8(13)10-2/h5-7,11H,3-4H2,1-2H3,(H,10,13). The van der Waals surface area contributed by atoms with Gasteiger partial charge in [-0.25, -0.2) is 4.98 Å². The molecule has 0 aromatic carbocycles. The van der Waals surface area contributed by atoms with Crippen LogP contribution in [0.15, 0.2) is 11.6 Å². The molecule has 1 heterocycles. The molecule has 4 nitrogen and oxygen atoms in total. The van der Waals surface area contributed by atoms with Crippen LogP contribution in [-0.2, 0) is 4.79 Å². The molecule has 0 aliphatic carbocycles. The summed E-state index contributed by atoms with van der Waals surface area (Å²) in [5.41, 5.74) is 0. The Labute approximate surface area is 87.7 Å². The van der Waals surface area contributed by atoms with E-state index in [2.05, 4.69) is 15.6 Å². The minimum Gasteiger partial charge on any atom is -0.359 e. The van der Waals surface area contributed by atoms with Gasteiger partial charge in [-0.05, 0) is 6.92 Å². The molecule has 5 heteroatoms. The molecule has 0 radical (unpaired) electrons. The minimum atomic E-state index is 0.0591. The number of rotatable bonds is 5. The molecule has 1 amide bonds. The van der Waals surface area contributed by atoms with E-state index < -0.39 is 0 Å². The summed E-state index contributed by atoms with van der Waals surface area (Å²) >= 11 is 1.62. The Morgan fingerprint density at radius 2 is 2.50 bits per heavy atom. The van der Waals surface area contributed by atoms with Crippen molar-refractivity contribution in [1.82, 2.24) is 15.6 Å². The molecule has 1 aromatic heterocycles. The maximum atomic E-state index is 10.9. The summed E-state index contributed by atoms with van der Waals surface area (Å²) in [5, 5.41) is 8.83. The summed E-state index contributed by atoms with van der Waals surface area (Å²) in [7, 11) is 1.65. The van der Waals surface area contributed by atoms with Gasteiger partial charge in [0.1, 0.15) is 5.01 Å². The van der Waals surface area contributed by atoms with E-state index in [1.54, 1.807) is 24.6 Å². The lowest BCUT2D eigenvalue weighted by Gasteiger charge is -2.09. The summed E-state index contributed by atoms with van der Waals surface area (Å²) in [6.45, 7) is 2.73. The third kappa shape index (κ3) is 3.43. The minimum absolute atomic E-state index is 0.0591. The number of thiazole rings is 1. The zero-order chi connectivity index (χ0) is 10.4. The number of amides is 1. The van der Waals surface area contributed by atoms with E-state index in [0.717, 1.165) is 5.01 Å². The topological polar surface area (TPSA) is 54.0 Å². The van der Waals surface area contributed by atoms with E-state index in [1.165, 1.54) is 0 Å². The van der Waals surface area contributed by atoms with Crippen molar-refractivity contribution in [3.63, 3.8) is 0 Å². The van der Waals surface area contributed by atoms with Crippen LogP contribution >= 0.6 is 11.3 Å². The Bertz CT molecular complexity index is 274. The third-order valence-electron chi connectivity index (χ3n) is 1.90. The van der Waals surface area contributed by atoms with Crippen molar-refractivity contribution >= 4 is 17.2 Å². The first-order chi connectivity index (χ1) is 6.74. The van der Waals surface area contributed by atoms with Gasteiger partial charge in [-0.15, -0.1) is 11.3 Å². The van der Waals surface area contributed by atoms with E-state index in [9.17, 15) is 4.79 Å². The second-order valence-electron chi connectivity index (χ2n) is 2.97. The Morgan fingerprint density at radius 1 is 1.71 bits per heavy atom. The van der Waals surface area contributed by atoms with Gasteiger partial charge >= 0.3 is 0 Å². The van der Waals surface area contributed by atoms with Crippen LogP contribution in [0.25, 0.3) is 0 Å². The molecule has 0 fully saturated rings. The molecule has 78 valence electrons. The smallest absolute Gasteiger partial charge is 0.221 e. The van der Waals surface area contributed by atoms with E-state index in [1.807, 2.05) is 12.3 Å². The Balaban J connectivity index is 2.22. The first-order valence-corrected chi connectivity index (χ1v) is 5.45. The number of carbonyl (C=O) groups excluding carboxylic acids is 1. The molecule has 1 aromatic rings. The first-order valence-electron chi connectivity index (χ1n) is 4.57. The lowest BCUT2D eigenvalue weighted by atomic mass is 10.3. The number of carbonyl (C=O) groups is 1. The van der Waals surface area contributed by atoms with Crippen LogP contribution in [0, 0.1) is 0 Å². The highest BCUT2D eigenvalue weighted by Gasteiger charge is 2.07. The van der Waals surface area contributed by atoms with Gasteiger partial charge in [0.25, 0.3) is 0 Å². The van der Waals surface area contributed by atoms with Gasteiger partial charge in [-0.1, -0.05) is 0 Å². The third-order valence-corrected chi connectivity index (χ3v) is 2.86. The summed E-state index contributed by atoms with van der Waals surface area (Å²) in [6, 6.07) is 0.222. The highest BCUT2D eigenvalue weighted by molar-refractivity contribution is 7.09. The van der Waals surface area contributed by atoms with Crippen molar-refractivity contribution in [2.24, 2.45) is 0 Å². The molecule has 0 saturated heterocycles. The van der Waals surface area contributed by atoms with Gasteiger partial charge in [0, 0.05) is 31.6 Å². The highest BCUT2D eigenvalue weighted by Crippen LogP contribution is 2.13. The SMILES string of the molecule is CNC(=O)CCNC(C)c1nccs1. The van der Waals surface area contributed by atoms with Crippen LogP contribution in [0.2, 0.25) is 0 Å².